The van der Waals surface area contributed by atoms with Gasteiger partial charge in [0.25, 0.3) is 0 Å². The Labute approximate surface area is 61.7 Å². The van der Waals surface area contributed by atoms with Crippen LogP contribution in [-0.2, 0) is 4.74 Å². The van der Waals surface area contributed by atoms with E-state index in [-0.39, 0.29) is 0 Å². The molecule has 2 aliphatic rings. The highest BCUT2D eigenvalue weighted by atomic mass is 16.5. The zero-order chi connectivity index (χ0) is 6.97. The molecule has 2 N–H and O–H groups in total. The van der Waals surface area contributed by atoms with Crippen LogP contribution in [0.4, 0.5) is 0 Å². The maximum absolute atomic E-state index is 5.59. The van der Waals surface area contributed by atoms with E-state index >= 15 is 0 Å². The average molecular weight is 141 g/mol. The number of nitrogens with two attached hydrogens (primary N) is 1. The molecule has 0 amide bonds. The number of ether oxygens (including phenoxy) is 1. The number of fused-ring (bicyclic) bond motifs is 1. The lowest BCUT2D eigenvalue weighted by atomic mass is 9.68. The molecule has 2 fully saturated rings. The minimum absolute atomic E-state index is 0.585. The molecule has 3 unspecified atom stereocenters. The topological polar surface area (TPSA) is 35.2 Å². The standard InChI is InChI=1S/C8H15NO/c9-5-6-4-8-7(6)2-1-3-10-8/h6-8H,1-5,9H2. The van der Waals surface area contributed by atoms with Gasteiger partial charge < -0.3 is 10.5 Å². The van der Waals surface area contributed by atoms with E-state index in [1.807, 2.05) is 0 Å². The van der Waals surface area contributed by atoms with Crippen molar-refractivity contribution in [3.05, 3.63) is 0 Å². The van der Waals surface area contributed by atoms with Gasteiger partial charge in [0.1, 0.15) is 0 Å². The molecule has 2 heteroatoms. The van der Waals surface area contributed by atoms with Crippen molar-refractivity contribution in [2.75, 3.05) is 13.2 Å². The van der Waals surface area contributed by atoms with Gasteiger partial charge in [-0.15, -0.1) is 0 Å². The molecule has 0 bridgehead atoms. The van der Waals surface area contributed by atoms with Crippen molar-refractivity contribution < 1.29 is 4.74 Å². The van der Waals surface area contributed by atoms with Gasteiger partial charge >= 0.3 is 0 Å². The van der Waals surface area contributed by atoms with E-state index < -0.39 is 0 Å². The van der Waals surface area contributed by atoms with Crippen molar-refractivity contribution in [1.29, 1.82) is 0 Å². The monoisotopic (exact) mass is 141 g/mol. The molecule has 0 aromatic heterocycles. The Morgan fingerprint density at radius 1 is 1.50 bits per heavy atom. The van der Waals surface area contributed by atoms with E-state index in [2.05, 4.69) is 0 Å². The van der Waals surface area contributed by atoms with Crippen molar-refractivity contribution in [2.24, 2.45) is 17.6 Å². The van der Waals surface area contributed by atoms with E-state index in [0.29, 0.717) is 6.10 Å². The zero-order valence-corrected chi connectivity index (χ0v) is 6.25. The van der Waals surface area contributed by atoms with Crippen molar-refractivity contribution in [1.82, 2.24) is 0 Å². The molecule has 58 valence electrons. The van der Waals surface area contributed by atoms with Crippen LogP contribution < -0.4 is 5.73 Å². The summed E-state index contributed by atoms with van der Waals surface area (Å²) in [6, 6.07) is 0. The first kappa shape index (κ1) is 6.62. The number of rotatable bonds is 1. The van der Waals surface area contributed by atoms with Crippen LogP contribution in [0.5, 0.6) is 0 Å². The first-order valence-electron chi connectivity index (χ1n) is 4.23. The number of hydrogen-bond donors (Lipinski definition) is 1. The number of hydrogen-bond acceptors (Lipinski definition) is 2. The van der Waals surface area contributed by atoms with E-state index in [9.17, 15) is 0 Å². The molecule has 2 rings (SSSR count). The lowest BCUT2D eigenvalue weighted by molar-refractivity contribution is -0.117. The SMILES string of the molecule is NCC1CC2OCCCC12. The Kier molecular flexibility index (Phi) is 1.66. The molecule has 10 heavy (non-hydrogen) atoms. The van der Waals surface area contributed by atoms with Crippen LogP contribution in [0, 0.1) is 11.8 Å². The molecule has 0 spiro atoms. The molecule has 0 radical (unpaired) electrons. The first-order valence-corrected chi connectivity index (χ1v) is 4.23. The largest absolute Gasteiger partial charge is 0.378 e. The fourth-order valence-corrected chi connectivity index (χ4v) is 2.19. The van der Waals surface area contributed by atoms with Crippen LogP contribution >= 0.6 is 0 Å². The lowest BCUT2D eigenvalue weighted by Crippen LogP contribution is -2.48. The van der Waals surface area contributed by atoms with Gasteiger partial charge in [-0.3, -0.25) is 0 Å². The molecular formula is C8H15NO. The smallest absolute Gasteiger partial charge is 0.0609 e. The Hall–Kier alpha value is -0.0800. The summed E-state index contributed by atoms with van der Waals surface area (Å²) in [6.45, 7) is 1.85. The van der Waals surface area contributed by atoms with Crippen LogP contribution in [0.15, 0.2) is 0 Å². The third-order valence-corrected chi connectivity index (χ3v) is 2.93. The Bertz CT molecular complexity index is 122. The maximum atomic E-state index is 5.59. The van der Waals surface area contributed by atoms with Gasteiger partial charge in [0, 0.05) is 6.61 Å². The van der Waals surface area contributed by atoms with E-state index in [0.717, 1.165) is 25.0 Å². The molecule has 1 aliphatic carbocycles. The third-order valence-electron chi connectivity index (χ3n) is 2.93. The van der Waals surface area contributed by atoms with Crippen molar-refractivity contribution in [3.8, 4) is 0 Å². The summed E-state index contributed by atoms with van der Waals surface area (Å²) in [7, 11) is 0. The Morgan fingerprint density at radius 3 is 3.10 bits per heavy atom. The van der Waals surface area contributed by atoms with Crippen LogP contribution in [0.3, 0.4) is 0 Å². The quantitative estimate of drug-likeness (QED) is 0.585. The highest BCUT2D eigenvalue weighted by Gasteiger charge is 2.41. The minimum Gasteiger partial charge on any atom is -0.378 e. The summed E-state index contributed by atoms with van der Waals surface area (Å²) in [4.78, 5) is 0. The second-order valence-corrected chi connectivity index (χ2v) is 3.45. The predicted molar refractivity (Wildman–Crippen MR) is 39.6 cm³/mol. The van der Waals surface area contributed by atoms with Crippen LogP contribution in [0.2, 0.25) is 0 Å². The molecule has 1 heterocycles. The van der Waals surface area contributed by atoms with Crippen LogP contribution in [0.25, 0.3) is 0 Å². The first-order chi connectivity index (χ1) is 4.92. The summed E-state index contributed by atoms with van der Waals surface area (Å²) < 4.78 is 5.55. The lowest BCUT2D eigenvalue weighted by Gasteiger charge is -2.47. The Morgan fingerprint density at radius 2 is 2.40 bits per heavy atom. The van der Waals surface area contributed by atoms with E-state index in [1.54, 1.807) is 0 Å². The molecular weight excluding hydrogens is 126 g/mol. The van der Waals surface area contributed by atoms with Gasteiger partial charge in [-0.05, 0) is 37.6 Å². The molecule has 1 aliphatic heterocycles. The van der Waals surface area contributed by atoms with Gasteiger partial charge in [0.05, 0.1) is 6.10 Å². The fourth-order valence-electron chi connectivity index (χ4n) is 2.19. The average Bonchev–Trinajstić information content (AvgIpc) is 1.92. The molecule has 0 aromatic carbocycles. The van der Waals surface area contributed by atoms with Crippen molar-refractivity contribution in [3.63, 3.8) is 0 Å². The van der Waals surface area contributed by atoms with Gasteiger partial charge in [0.2, 0.25) is 0 Å². The second-order valence-electron chi connectivity index (χ2n) is 3.45. The predicted octanol–water partition coefficient (Wildman–Crippen LogP) is 0.760. The second kappa shape index (κ2) is 2.51. The molecule has 0 aromatic rings. The summed E-state index contributed by atoms with van der Waals surface area (Å²) in [6.07, 6.45) is 4.41. The fraction of sp³-hybridized carbons (Fsp3) is 1.00. The van der Waals surface area contributed by atoms with E-state index in [1.165, 1.54) is 19.3 Å². The van der Waals surface area contributed by atoms with Crippen molar-refractivity contribution in [2.45, 2.75) is 25.4 Å². The third kappa shape index (κ3) is 0.867. The summed E-state index contributed by atoms with van der Waals surface area (Å²) in [5.41, 5.74) is 5.59. The normalized spacial score (nSPS) is 45.9. The highest BCUT2D eigenvalue weighted by Crippen LogP contribution is 2.41. The van der Waals surface area contributed by atoms with Crippen molar-refractivity contribution >= 4 is 0 Å². The molecule has 3 atom stereocenters. The Balaban J connectivity index is 1.89. The van der Waals surface area contributed by atoms with E-state index in [4.69, 9.17) is 10.5 Å². The van der Waals surface area contributed by atoms with Crippen LogP contribution in [0.1, 0.15) is 19.3 Å². The molecule has 1 saturated carbocycles. The molecule has 1 saturated heterocycles. The summed E-state index contributed by atoms with van der Waals surface area (Å²) in [5, 5.41) is 0. The minimum atomic E-state index is 0.585. The molecule has 2 nitrogen and oxygen atoms in total. The van der Waals surface area contributed by atoms with Crippen LogP contribution in [-0.4, -0.2) is 19.3 Å². The van der Waals surface area contributed by atoms with Gasteiger partial charge in [-0.2, -0.15) is 0 Å². The highest BCUT2D eigenvalue weighted by molar-refractivity contribution is 4.92. The summed E-state index contributed by atoms with van der Waals surface area (Å²) in [5.74, 6) is 1.60. The van der Waals surface area contributed by atoms with Gasteiger partial charge in [-0.1, -0.05) is 0 Å². The zero-order valence-electron chi connectivity index (χ0n) is 6.25. The maximum Gasteiger partial charge on any atom is 0.0609 e. The van der Waals surface area contributed by atoms with Gasteiger partial charge in [-0.25, -0.2) is 0 Å². The summed E-state index contributed by atoms with van der Waals surface area (Å²) >= 11 is 0. The van der Waals surface area contributed by atoms with Gasteiger partial charge in [0.15, 0.2) is 0 Å².